The van der Waals surface area contributed by atoms with Crippen LogP contribution in [-0.2, 0) is 16.0 Å². The molecule has 1 amide bonds. The normalized spacial score (nSPS) is 30.1. The van der Waals surface area contributed by atoms with E-state index in [0.29, 0.717) is 24.3 Å². The molecule has 28 heavy (non-hydrogen) atoms. The first kappa shape index (κ1) is 18.4. The smallest absolute Gasteiger partial charge is 0.228 e. The van der Waals surface area contributed by atoms with Gasteiger partial charge in [0.25, 0.3) is 0 Å². The Bertz CT molecular complexity index is 729. The summed E-state index contributed by atoms with van der Waals surface area (Å²) < 4.78 is 5.42. The van der Waals surface area contributed by atoms with E-state index in [9.17, 15) is 4.79 Å². The van der Waals surface area contributed by atoms with Gasteiger partial charge in [0.2, 0.25) is 5.91 Å². The Morgan fingerprint density at radius 1 is 1.11 bits per heavy atom. The standard InChI is InChI=1S/C24H32N2O2/c27-24(21-10-14-28-17-21)26-15-20-7-8-22(23(20)16-26)19-5-3-18(4-6-19)9-13-25-11-1-2-12-25/h3-6,8,20-21,23H,1-2,7,9-17H2. The molecule has 3 heterocycles. The zero-order chi connectivity index (χ0) is 18.9. The van der Waals surface area contributed by atoms with Crippen molar-refractivity contribution >= 4 is 11.5 Å². The molecule has 4 heteroatoms. The van der Waals surface area contributed by atoms with Gasteiger partial charge in [-0.1, -0.05) is 30.3 Å². The summed E-state index contributed by atoms with van der Waals surface area (Å²) in [6.45, 7) is 6.91. The highest BCUT2D eigenvalue weighted by atomic mass is 16.5. The molecule has 0 spiro atoms. The van der Waals surface area contributed by atoms with Gasteiger partial charge in [-0.15, -0.1) is 0 Å². The van der Waals surface area contributed by atoms with Crippen molar-refractivity contribution in [2.24, 2.45) is 17.8 Å². The van der Waals surface area contributed by atoms with Crippen LogP contribution in [0.1, 0.15) is 36.8 Å². The number of fused-ring (bicyclic) bond motifs is 1. The van der Waals surface area contributed by atoms with Crippen molar-refractivity contribution in [1.29, 1.82) is 0 Å². The minimum absolute atomic E-state index is 0.0983. The number of allylic oxidation sites excluding steroid dienone is 1. The average molecular weight is 381 g/mol. The lowest BCUT2D eigenvalue weighted by Crippen LogP contribution is -2.35. The molecule has 0 saturated carbocycles. The van der Waals surface area contributed by atoms with Gasteiger partial charge in [0, 0.05) is 32.2 Å². The number of hydrogen-bond acceptors (Lipinski definition) is 3. The van der Waals surface area contributed by atoms with Crippen LogP contribution >= 0.6 is 0 Å². The Hall–Kier alpha value is -1.65. The summed E-state index contributed by atoms with van der Waals surface area (Å²) in [5.74, 6) is 1.54. The van der Waals surface area contributed by atoms with Gasteiger partial charge < -0.3 is 14.5 Å². The second-order valence-corrected chi connectivity index (χ2v) is 9.06. The number of carbonyl (C=O) groups excluding carboxylic acids is 1. The largest absolute Gasteiger partial charge is 0.381 e. The summed E-state index contributed by atoms with van der Waals surface area (Å²) in [6, 6.07) is 9.24. The maximum Gasteiger partial charge on any atom is 0.228 e. The van der Waals surface area contributed by atoms with Crippen molar-refractivity contribution < 1.29 is 9.53 Å². The Labute approximate surface area is 168 Å². The van der Waals surface area contributed by atoms with Crippen molar-refractivity contribution in [3.8, 4) is 0 Å². The van der Waals surface area contributed by atoms with Gasteiger partial charge in [-0.25, -0.2) is 0 Å². The summed E-state index contributed by atoms with van der Waals surface area (Å²) in [5.41, 5.74) is 4.26. The van der Waals surface area contributed by atoms with Crippen LogP contribution in [0.3, 0.4) is 0 Å². The molecule has 0 radical (unpaired) electrons. The molecule has 0 N–H and O–H groups in total. The van der Waals surface area contributed by atoms with Crippen molar-refractivity contribution in [2.75, 3.05) is 45.9 Å². The molecule has 4 nitrogen and oxygen atoms in total. The molecule has 3 unspecified atom stereocenters. The third-order valence-corrected chi connectivity index (χ3v) is 7.27. The quantitative estimate of drug-likeness (QED) is 0.786. The molecule has 5 rings (SSSR count). The molecule has 3 atom stereocenters. The highest BCUT2D eigenvalue weighted by molar-refractivity contribution is 5.81. The first-order chi connectivity index (χ1) is 13.8. The second-order valence-electron chi connectivity index (χ2n) is 9.06. The van der Waals surface area contributed by atoms with E-state index in [1.807, 2.05) is 0 Å². The molecule has 3 saturated heterocycles. The minimum Gasteiger partial charge on any atom is -0.381 e. The minimum atomic E-state index is 0.0983. The van der Waals surface area contributed by atoms with Crippen LogP contribution in [0.5, 0.6) is 0 Å². The number of carbonyl (C=O) groups is 1. The lowest BCUT2D eigenvalue weighted by molar-refractivity contribution is -0.134. The Morgan fingerprint density at radius 2 is 1.93 bits per heavy atom. The maximum atomic E-state index is 12.8. The predicted molar refractivity (Wildman–Crippen MR) is 111 cm³/mol. The van der Waals surface area contributed by atoms with Crippen molar-refractivity contribution in [3.05, 3.63) is 41.5 Å². The zero-order valence-electron chi connectivity index (χ0n) is 16.8. The molecule has 4 aliphatic rings. The van der Waals surface area contributed by atoms with E-state index in [1.165, 1.54) is 49.2 Å². The lowest BCUT2D eigenvalue weighted by Gasteiger charge is -2.21. The first-order valence-electron chi connectivity index (χ1n) is 11.2. The molecule has 1 aromatic carbocycles. The van der Waals surface area contributed by atoms with Crippen molar-refractivity contribution in [3.63, 3.8) is 0 Å². The SMILES string of the molecule is O=C(C1CCOC1)N1CC2CC=C(c3ccc(CCN4CCCC4)cc3)C2C1. The van der Waals surface area contributed by atoms with Gasteiger partial charge in [-0.05, 0) is 67.8 Å². The number of hydrogen-bond donors (Lipinski definition) is 0. The molecule has 1 aliphatic carbocycles. The van der Waals surface area contributed by atoms with Crippen LogP contribution in [0.25, 0.3) is 5.57 Å². The number of amides is 1. The van der Waals surface area contributed by atoms with Crippen LogP contribution in [0, 0.1) is 17.8 Å². The van der Waals surface area contributed by atoms with Crippen LogP contribution in [0.2, 0.25) is 0 Å². The van der Waals surface area contributed by atoms with E-state index in [0.717, 1.165) is 39.0 Å². The van der Waals surface area contributed by atoms with Crippen LogP contribution < -0.4 is 0 Å². The molecule has 0 aromatic heterocycles. The Balaban J connectivity index is 1.20. The molecule has 0 bridgehead atoms. The maximum absolute atomic E-state index is 12.8. The van der Waals surface area contributed by atoms with Gasteiger partial charge in [-0.2, -0.15) is 0 Å². The molecule has 150 valence electrons. The van der Waals surface area contributed by atoms with Crippen molar-refractivity contribution in [1.82, 2.24) is 9.80 Å². The molecule has 3 fully saturated rings. The molecular weight excluding hydrogens is 348 g/mol. The summed E-state index contributed by atoms with van der Waals surface area (Å²) >= 11 is 0. The van der Waals surface area contributed by atoms with Crippen LogP contribution in [0.15, 0.2) is 30.3 Å². The van der Waals surface area contributed by atoms with Crippen LogP contribution in [-0.4, -0.2) is 61.6 Å². The van der Waals surface area contributed by atoms with E-state index >= 15 is 0 Å². The van der Waals surface area contributed by atoms with E-state index in [-0.39, 0.29) is 5.92 Å². The second kappa shape index (κ2) is 8.00. The van der Waals surface area contributed by atoms with E-state index in [2.05, 4.69) is 40.1 Å². The lowest BCUT2D eigenvalue weighted by atomic mass is 9.90. The van der Waals surface area contributed by atoms with Crippen LogP contribution in [0.4, 0.5) is 0 Å². The third-order valence-electron chi connectivity index (χ3n) is 7.27. The number of likely N-dealkylation sites (tertiary alicyclic amines) is 2. The fourth-order valence-corrected chi connectivity index (χ4v) is 5.55. The fraction of sp³-hybridized carbons (Fsp3) is 0.625. The van der Waals surface area contributed by atoms with E-state index in [4.69, 9.17) is 4.74 Å². The van der Waals surface area contributed by atoms with Gasteiger partial charge in [0.1, 0.15) is 0 Å². The monoisotopic (exact) mass is 380 g/mol. The average Bonchev–Trinajstić information content (AvgIpc) is 3.51. The van der Waals surface area contributed by atoms with Gasteiger partial charge in [0.15, 0.2) is 0 Å². The topological polar surface area (TPSA) is 32.8 Å². The third kappa shape index (κ3) is 3.65. The Kier molecular flexibility index (Phi) is 5.25. The zero-order valence-corrected chi connectivity index (χ0v) is 16.8. The summed E-state index contributed by atoms with van der Waals surface area (Å²) in [5, 5.41) is 0. The highest BCUT2D eigenvalue weighted by Crippen LogP contribution is 2.43. The highest BCUT2D eigenvalue weighted by Gasteiger charge is 2.42. The number of benzene rings is 1. The van der Waals surface area contributed by atoms with Gasteiger partial charge in [0.05, 0.1) is 12.5 Å². The fourth-order valence-electron chi connectivity index (χ4n) is 5.55. The number of nitrogens with zero attached hydrogens (tertiary/aromatic N) is 2. The molecule has 1 aromatic rings. The van der Waals surface area contributed by atoms with Gasteiger partial charge >= 0.3 is 0 Å². The number of ether oxygens (including phenoxy) is 1. The van der Waals surface area contributed by atoms with E-state index < -0.39 is 0 Å². The van der Waals surface area contributed by atoms with Crippen molar-refractivity contribution in [2.45, 2.75) is 32.1 Å². The molecule has 3 aliphatic heterocycles. The molecular formula is C24H32N2O2. The number of rotatable bonds is 5. The van der Waals surface area contributed by atoms with Gasteiger partial charge in [-0.3, -0.25) is 4.79 Å². The Morgan fingerprint density at radius 3 is 2.68 bits per heavy atom. The predicted octanol–water partition coefficient (Wildman–Crippen LogP) is 3.22. The summed E-state index contributed by atoms with van der Waals surface area (Å²) in [7, 11) is 0. The summed E-state index contributed by atoms with van der Waals surface area (Å²) in [4.78, 5) is 17.5. The van der Waals surface area contributed by atoms with E-state index in [1.54, 1.807) is 0 Å². The summed E-state index contributed by atoms with van der Waals surface area (Å²) in [6.07, 6.45) is 8.31. The first-order valence-corrected chi connectivity index (χ1v) is 11.2.